The Hall–Kier alpha value is -1.39. The van der Waals surface area contributed by atoms with Crippen LogP contribution in [-0.4, -0.2) is 24.3 Å². The van der Waals surface area contributed by atoms with E-state index in [-0.39, 0.29) is 32.1 Å². The number of hydrogen-bond donors (Lipinski definition) is 0. The fraction of sp³-hybridized carbons (Fsp3) is 0.609. The van der Waals surface area contributed by atoms with Gasteiger partial charge in [-0.1, -0.05) is 25.2 Å². The second kappa shape index (κ2) is 8.32. The van der Waals surface area contributed by atoms with E-state index in [1.165, 1.54) is 18.4 Å². The van der Waals surface area contributed by atoms with Crippen molar-refractivity contribution in [3.63, 3.8) is 0 Å². The molecule has 0 unspecified atom stereocenters. The highest BCUT2D eigenvalue weighted by atomic mass is 32.1. The molecule has 2 aromatic rings. The van der Waals surface area contributed by atoms with Gasteiger partial charge in [0.05, 0.1) is 15.5 Å². The van der Waals surface area contributed by atoms with Gasteiger partial charge in [0.1, 0.15) is 5.75 Å². The van der Waals surface area contributed by atoms with Crippen LogP contribution in [-0.2, 0) is 16.5 Å². The van der Waals surface area contributed by atoms with Gasteiger partial charge in [-0.15, -0.1) is 11.3 Å². The Balaban J connectivity index is 1.65. The zero-order valence-corrected chi connectivity index (χ0v) is 16.4. The first-order valence-corrected chi connectivity index (χ1v) is 10.3. The lowest BCUT2D eigenvalue weighted by Gasteiger charge is -2.46. The van der Waals surface area contributed by atoms with Crippen molar-refractivity contribution >= 4 is 11.3 Å². The molecule has 4 heteroatoms. The van der Waals surface area contributed by atoms with Gasteiger partial charge in [0.2, 0.25) is 0 Å². The van der Waals surface area contributed by atoms with Crippen LogP contribution in [0.3, 0.4) is 0 Å². The number of thiophene rings is 1. The molecule has 0 N–H and O–H groups in total. The SMILES string of the molecule is [2H]C1([2H])C[C@@](CCCC([2H])([2H])c2sccc2OC)(c2ccccn2)CC2(CC([2H])([2H])C([2H])([2H])C2)O1. The maximum absolute atomic E-state index is 8.64. The Labute approximate surface area is 178 Å². The summed E-state index contributed by atoms with van der Waals surface area (Å²) in [5.74, 6) is 0.510. The normalized spacial score (nSPS) is 34.9. The molecule has 1 atom stereocenters. The average molecular weight is 394 g/mol. The van der Waals surface area contributed by atoms with Crippen molar-refractivity contribution in [3.05, 3.63) is 46.4 Å². The number of aryl methyl sites for hydroxylation is 1. The summed E-state index contributed by atoms with van der Waals surface area (Å²) >= 11 is 1.30. The monoisotopic (exact) mass is 393 g/mol. The van der Waals surface area contributed by atoms with Gasteiger partial charge in [0.25, 0.3) is 0 Å². The van der Waals surface area contributed by atoms with Gasteiger partial charge in [0, 0.05) is 37.0 Å². The fourth-order valence-electron chi connectivity index (χ4n) is 4.13. The summed E-state index contributed by atoms with van der Waals surface area (Å²) in [4.78, 5) is 5.05. The predicted octanol–water partition coefficient (Wildman–Crippen LogP) is 5.93. The quantitative estimate of drug-likeness (QED) is 0.584. The molecule has 1 aliphatic heterocycles. The minimum absolute atomic E-state index is 0.0178. The smallest absolute Gasteiger partial charge is 0.132 e. The van der Waals surface area contributed by atoms with Crippen LogP contribution >= 0.6 is 11.3 Å². The molecule has 3 nitrogen and oxygen atoms in total. The molecular weight excluding hydrogens is 354 g/mol. The van der Waals surface area contributed by atoms with Crippen molar-refractivity contribution in [2.45, 2.75) is 75.1 Å². The molecule has 1 spiro atoms. The van der Waals surface area contributed by atoms with E-state index in [0.717, 1.165) is 0 Å². The summed E-state index contributed by atoms with van der Waals surface area (Å²) in [6.07, 6.45) is -3.54. The van der Waals surface area contributed by atoms with Crippen LogP contribution in [0.2, 0.25) is 0 Å². The standard InChI is InChI=1S/C23H31NO2S/c1-25-19-10-17-27-20(19)8-2-4-11-22(21-9-3-7-15-24-21)14-16-26-23(18-22)12-5-6-13-23/h3,7,9-10,15,17H,2,4-6,8,11-14,16,18H2,1H3/t22-/m1/s1/i5D2,6D2,8D2,16D2. The van der Waals surface area contributed by atoms with Crippen LogP contribution in [0, 0.1) is 0 Å². The highest BCUT2D eigenvalue weighted by Crippen LogP contribution is 2.50. The van der Waals surface area contributed by atoms with E-state index in [1.807, 2.05) is 12.1 Å². The van der Waals surface area contributed by atoms with E-state index >= 15 is 0 Å². The third-order valence-electron chi connectivity index (χ3n) is 5.48. The molecule has 146 valence electrons. The number of nitrogens with zero attached hydrogens (tertiary/aromatic N) is 1. The highest BCUT2D eigenvalue weighted by molar-refractivity contribution is 7.10. The van der Waals surface area contributed by atoms with Crippen molar-refractivity contribution in [2.75, 3.05) is 13.7 Å². The fourth-order valence-corrected chi connectivity index (χ4v) is 4.91. The van der Waals surface area contributed by atoms with E-state index < -0.39 is 36.7 Å². The molecule has 2 aromatic heterocycles. The topological polar surface area (TPSA) is 31.4 Å². The highest BCUT2D eigenvalue weighted by Gasteiger charge is 2.48. The molecule has 1 saturated carbocycles. The van der Waals surface area contributed by atoms with Gasteiger partial charge in [-0.05, 0) is 68.5 Å². The van der Waals surface area contributed by atoms with Crippen LogP contribution in [0.15, 0.2) is 35.8 Å². The molecule has 3 heterocycles. The lowest BCUT2D eigenvalue weighted by molar-refractivity contribution is -0.104. The Morgan fingerprint density at radius 1 is 1.26 bits per heavy atom. The number of methoxy groups -OCH3 is 1. The molecule has 1 aliphatic carbocycles. The van der Waals surface area contributed by atoms with Gasteiger partial charge in [-0.2, -0.15) is 0 Å². The molecule has 2 fully saturated rings. The lowest BCUT2D eigenvalue weighted by Crippen LogP contribution is -2.46. The summed E-state index contributed by atoms with van der Waals surface area (Å²) in [6.45, 7) is -2.11. The third kappa shape index (κ3) is 4.07. The summed E-state index contributed by atoms with van der Waals surface area (Å²) in [5.41, 5.74) is -1.52. The van der Waals surface area contributed by atoms with E-state index in [2.05, 4.69) is 4.98 Å². The first kappa shape index (κ1) is 11.6. The Kier molecular flexibility index (Phi) is 3.57. The van der Waals surface area contributed by atoms with E-state index in [1.54, 1.807) is 23.7 Å². The van der Waals surface area contributed by atoms with Gasteiger partial charge in [-0.3, -0.25) is 4.98 Å². The first-order valence-electron chi connectivity index (χ1n) is 13.4. The predicted molar refractivity (Wildman–Crippen MR) is 111 cm³/mol. The molecule has 1 saturated heterocycles. The third-order valence-corrected chi connectivity index (χ3v) is 6.33. The maximum atomic E-state index is 8.64. The van der Waals surface area contributed by atoms with Crippen molar-refractivity contribution in [1.29, 1.82) is 0 Å². The molecule has 0 amide bonds. The number of ether oxygens (including phenoxy) is 2. The van der Waals surface area contributed by atoms with E-state index in [0.29, 0.717) is 29.2 Å². The summed E-state index contributed by atoms with van der Waals surface area (Å²) in [7, 11) is 1.51. The van der Waals surface area contributed by atoms with Crippen LogP contribution in [0.1, 0.15) is 79.2 Å². The van der Waals surface area contributed by atoms with Crippen LogP contribution in [0.25, 0.3) is 0 Å². The lowest BCUT2D eigenvalue weighted by atomic mass is 9.67. The second-order valence-electron chi connectivity index (χ2n) is 7.33. The zero-order valence-electron chi connectivity index (χ0n) is 23.6. The molecular formula is C23H31NO2S. The number of pyridine rings is 1. The summed E-state index contributed by atoms with van der Waals surface area (Å²) in [5, 5.41) is 1.79. The Morgan fingerprint density at radius 2 is 2.15 bits per heavy atom. The average Bonchev–Trinajstić information content (AvgIpc) is 3.27. The molecule has 0 radical (unpaired) electrons. The van der Waals surface area contributed by atoms with Crippen LogP contribution < -0.4 is 4.74 Å². The minimum Gasteiger partial charge on any atom is -0.496 e. The van der Waals surface area contributed by atoms with Crippen molar-refractivity contribution < 1.29 is 20.4 Å². The number of rotatable bonds is 7. The molecule has 27 heavy (non-hydrogen) atoms. The summed E-state index contributed by atoms with van der Waals surface area (Å²) in [6, 6.07) is 7.16. The Morgan fingerprint density at radius 3 is 2.93 bits per heavy atom. The van der Waals surface area contributed by atoms with Crippen molar-refractivity contribution in [3.8, 4) is 5.75 Å². The van der Waals surface area contributed by atoms with Crippen molar-refractivity contribution in [1.82, 2.24) is 4.98 Å². The number of aromatic nitrogens is 1. The van der Waals surface area contributed by atoms with Gasteiger partial charge >= 0.3 is 0 Å². The molecule has 0 aromatic carbocycles. The zero-order chi connectivity index (χ0) is 25.8. The Bertz CT molecular complexity index is 1030. The number of hydrogen-bond acceptors (Lipinski definition) is 4. The minimum atomic E-state index is -2.15. The van der Waals surface area contributed by atoms with Crippen LogP contribution in [0.5, 0.6) is 5.75 Å². The molecule has 2 aliphatic rings. The second-order valence-corrected chi connectivity index (χ2v) is 8.25. The molecule has 4 rings (SSSR count). The van der Waals surface area contributed by atoms with E-state index in [4.69, 9.17) is 20.4 Å². The maximum Gasteiger partial charge on any atom is 0.132 e. The first-order chi connectivity index (χ1) is 16.2. The molecule has 0 bridgehead atoms. The van der Waals surface area contributed by atoms with Crippen LogP contribution in [0.4, 0.5) is 0 Å². The largest absolute Gasteiger partial charge is 0.496 e. The van der Waals surface area contributed by atoms with Gasteiger partial charge < -0.3 is 9.47 Å². The summed E-state index contributed by atoms with van der Waals surface area (Å²) < 4.78 is 78.7. The van der Waals surface area contributed by atoms with Gasteiger partial charge in [-0.25, -0.2) is 0 Å². The van der Waals surface area contributed by atoms with E-state index in [9.17, 15) is 0 Å². The van der Waals surface area contributed by atoms with Crippen molar-refractivity contribution in [2.24, 2.45) is 0 Å². The van der Waals surface area contributed by atoms with Gasteiger partial charge in [0.15, 0.2) is 0 Å².